The van der Waals surface area contributed by atoms with Gasteiger partial charge < -0.3 is 15.3 Å². The fourth-order valence-corrected chi connectivity index (χ4v) is 4.44. The average Bonchev–Trinajstić information content (AvgIpc) is 2.96. The van der Waals surface area contributed by atoms with Gasteiger partial charge in [-0.3, -0.25) is 0 Å². The van der Waals surface area contributed by atoms with Crippen LogP contribution in [0.4, 0.5) is 4.79 Å². The molecule has 3 aliphatic rings. The third-order valence-corrected chi connectivity index (χ3v) is 5.79. The summed E-state index contributed by atoms with van der Waals surface area (Å²) in [6.07, 6.45) is 9.11. The molecule has 3 rings (SSSR count). The SMILES string of the molecule is O=C(NC1(C(=O)O)CCCC1)N1CCC2CCCCC2C1. The summed E-state index contributed by atoms with van der Waals surface area (Å²) < 4.78 is 0. The maximum atomic E-state index is 12.5. The van der Waals surface area contributed by atoms with Gasteiger partial charge in [0.15, 0.2) is 0 Å². The van der Waals surface area contributed by atoms with E-state index in [0.717, 1.165) is 38.3 Å². The monoisotopic (exact) mass is 294 g/mol. The van der Waals surface area contributed by atoms with Gasteiger partial charge in [0, 0.05) is 13.1 Å². The molecule has 0 aromatic heterocycles. The lowest BCUT2D eigenvalue weighted by Crippen LogP contribution is -2.58. The Kier molecular flexibility index (Phi) is 4.09. The number of piperidine rings is 1. The van der Waals surface area contributed by atoms with Crippen molar-refractivity contribution < 1.29 is 14.7 Å². The van der Waals surface area contributed by atoms with E-state index in [2.05, 4.69) is 5.32 Å². The summed E-state index contributed by atoms with van der Waals surface area (Å²) in [7, 11) is 0. The van der Waals surface area contributed by atoms with Crippen LogP contribution >= 0.6 is 0 Å². The van der Waals surface area contributed by atoms with E-state index in [1.807, 2.05) is 4.90 Å². The van der Waals surface area contributed by atoms with Gasteiger partial charge in [0.1, 0.15) is 5.54 Å². The smallest absolute Gasteiger partial charge is 0.329 e. The Morgan fingerprint density at radius 2 is 1.67 bits per heavy atom. The number of hydrogen-bond acceptors (Lipinski definition) is 2. The molecule has 2 saturated carbocycles. The molecule has 0 spiro atoms. The van der Waals surface area contributed by atoms with Crippen LogP contribution < -0.4 is 5.32 Å². The van der Waals surface area contributed by atoms with Crippen LogP contribution in [-0.2, 0) is 4.79 Å². The molecule has 21 heavy (non-hydrogen) atoms. The zero-order valence-electron chi connectivity index (χ0n) is 12.6. The molecule has 5 nitrogen and oxygen atoms in total. The first-order valence-electron chi connectivity index (χ1n) is 8.41. The van der Waals surface area contributed by atoms with Crippen LogP contribution in [0, 0.1) is 11.8 Å². The van der Waals surface area contributed by atoms with Crippen molar-refractivity contribution >= 4 is 12.0 Å². The van der Waals surface area contributed by atoms with Gasteiger partial charge in [-0.15, -0.1) is 0 Å². The summed E-state index contributed by atoms with van der Waals surface area (Å²) >= 11 is 0. The zero-order chi connectivity index (χ0) is 14.9. The van der Waals surface area contributed by atoms with E-state index in [9.17, 15) is 14.7 Å². The van der Waals surface area contributed by atoms with Crippen LogP contribution in [-0.4, -0.2) is 40.6 Å². The number of carbonyl (C=O) groups excluding carboxylic acids is 1. The van der Waals surface area contributed by atoms with Crippen LogP contribution in [0.2, 0.25) is 0 Å². The minimum atomic E-state index is -1.01. The number of carboxylic acids is 1. The molecule has 118 valence electrons. The van der Waals surface area contributed by atoms with E-state index < -0.39 is 11.5 Å². The van der Waals surface area contributed by atoms with E-state index in [1.165, 1.54) is 25.7 Å². The van der Waals surface area contributed by atoms with Gasteiger partial charge in [0.2, 0.25) is 0 Å². The van der Waals surface area contributed by atoms with E-state index >= 15 is 0 Å². The number of hydrogen-bond donors (Lipinski definition) is 2. The second-order valence-corrected chi connectivity index (χ2v) is 7.06. The molecular weight excluding hydrogens is 268 g/mol. The number of urea groups is 1. The van der Waals surface area contributed by atoms with E-state index in [4.69, 9.17) is 0 Å². The number of rotatable bonds is 2. The van der Waals surface area contributed by atoms with E-state index in [1.54, 1.807) is 0 Å². The van der Waals surface area contributed by atoms with Crippen molar-refractivity contribution in [2.45, 2.75) is 63.3 Å². The summed E-state index contributed by atoms with van der Waals surface area (Å²) in [5.74, 6) is 0.534. The Bertz CT molecular complexity index is 418. The molecule has 1 aliphatic heterocycles. The number of nitrogens with zero attached hydrogens (tertiary/aromatic N) is 1. The Balaban J connectivity index is 1.61. The first-order chi connectivity index (χ1) is 10.1. The molecule has 2 unspecified atom stereocenters. The summed E-state index contributed by atoms with van der Waals surface area (Å²) in [4.78, 5) is 25.9. The lowest BCUT2D eigenvalue weighted by atomic mass is 9.75. The fourth-order valence-electron chi connectivity index (χ4n) is 4.44. The molecule has 0 bridgehead atoms. The van der Waals surface area contributed by atoms with E-state index in [-0.39, 0.29) is 6.03 Å². The Morgan fingerprint density at radius 1 is 1.00 bits per heavy atom. The molecule has 2 atom stereocenters. The number of fused-ring (bicyclic) bond motifs is 1. The highest BCUT2D eigenvalue weighted by atomic mass is 16.4. The second kappa shape index (κ2) is 5.85. The molecular formula is C16H26N2O3. The zero-order valence-corrected chi connectivity index (χ0v) is 12.6. The molecule has 2 amide bonds. The maximum absolute atomic E-state index is 12.5. The standard InChI is InChI=1S/C16H26N2O3/c19-14(20)16(8-3-4-9-16)17-15(21)18-10-7-12-5-1-2-6-13(12)11-18/h12-13H,1-11H2,(H,17,21)(H,19,20). The highest BCUT2D eigenvalue weighted by Gasteiger charge is 2.44. The summed E-state index contributed by atoms with van der Waals surface area (Å²) in [6, 6.07) is -0.164. The van der Waals surface area contributed by atoms with Gasteiger partial charge in [-0.25, -0.2) is 9.59 Å². The predicted octanol–water partition coefficient (Wildman–Crippen LogP) is 2.61. The number of amides is 2. The Hall–Kier alpha value is -1.26. The molecule has 0 aromatic rings. The lowest BCUT2D eigenvalue weighted by Gasteiger charge is -2.42. The minimum absolute atomic E-state index is 0.164. The van der Waals surface area contributed by atoms with Crippen molar-refractivity contribution in [2.75, 3.05) is 13.1 Å². The maximum Gasteiger partial charge on any atom is 0.329 e. The van der Waals surface area contributed by atoms with Crippen LogP contribution in [0.5, 0.6) is 0 Å². The molecule has 5 heteroatoms. The third-order valence-electron chi connectivity index (χ3n) is 5.79. The van der Waals surface area contributed by atoms with Gasteiger partial charge in [-0.2, -0.15) is 0 Å². The largest absolute Gasteiger partial charge is 0.480 e. The highest BCUT2D eigenvalue weighted by molar-refractivity contribution is 5.86. The van der Waals surface area contributed by atoms with Crippen LogP contribution in [0.25, 0.3) is 0 Å². The minimum Gasteiger partial charge on any atom is -0.480 e. The fraction of sp³-hybridized carbons (Fsp3) is 0.875. The van der Waals surface area contributed by atoms with Gasteiger partial charge in [-0.05, 0) is 37.5 Å². The van der Waals surface area contributed by atoms with Crippen molar-refractivity contribution in [2.24, 2.45) is 11.8 Å². The molecule has 2 aliphatic carbocycles. The first-order valence-corrected chi connectivity index (χ1v) is 8.41. The second-order valence-electron chi connectivity index (χ2n) is 7.06. The normalized spacial score (nSPS) is 31.5. The first kappa shape index (κ1) is 14.7. The van der Waals surface area contributed by atoms with Gasteiger partial charge in [0.25, 0.3) is 0 Å². The van der Waals surface area contributed by atoms with Crippen LogP contribution in [0.1, 0.15) is 57.8 Å². The van der Waals surface area contributed by atoms with Crippen molar-refractivity contribution in [3.8, 4) is 0 Å². The molecule has 3 fully saturated rings. The van der Waals surface area contributed by atoms with Crippen molar-refractivity contribution in [1.29, 1.82) is 0 Å². The topological polar surface area (TPSA) is 69.6 Å². The average molecular weight is 294 g/mol. The number of carboxylic acid groups (broad SMARTS) is 1. The predicted molar refractivity (Wildman–Crippen MR) is 79.0 cm³/mol. The van der Waals surface area contributed by atoms with Gasteiger partial charge in [0.05, 0.1) is 0 Å². The number of carbonyl (C=O) groups is 2. The highest BCUT2D eigenvalue weighted by Crippen LogP contribution is 2.36. The van der Waals surface area contributed by atoms with Crippen molar-refractivity contribution in [3.05, 3.63) is 0 Å². The molecule has 0 aromatic carbocycles. The van der Waals surface area contributed by atoms with Crippen LogP contribution in [0.3, 0.4) is 0 Å². The third kappa shape index (κ3) is 2.87. The Morgan fingerprint density at radius 3 is 2.33 bits per heavy atom. The molecule has 1 heterocycles. The van der Waals surface area contributed by atoms with Crippen LogP contribution in [0.15, 0.2) is 0 Å². The Labute approximate surface area is 126 Å². The van der Waals surface area contributed by atoms with E-state index in [0.29, 0.717) is 18.8 Å². The molecule has 2 N–H and O–H groups in total. The van der Waals surface area contributed by atoms with Gasteiger partial charge in [-0.1, -0.05) is 32.1 Å². The molecule has 0 radical (unpaired) electrons. The summed E-state index contributed by atoms with van der Waals surface area (Å²) in [6.45, 7) is 1.59. The van der Waals surface area contributed by atoms with Gasteiger partial charge >= 0.3 is 12.0 Å². The summed E-state index contributed by atoms with van der Waals surface area (Å²) in [5.41, 5.74) is -1.01. The number of nitrogens with one attached hydrogen (secondary N) is 1. The number of likely N-dealkylation sites (tertiary alicyclic amines) is 1. The quantitative estimate of drug-likeness (QED) is 0.822. The van der Waals surface area contributed by atoms with Crippen molar-refractivity contribution in [1.82, 2.24) is 10.2 Å². The van der Waals surface area contributed by atoms with Crippen molar-refractivity contribution in [3.63, 3.8) is 0 Å². The molecule has 1 saturated heterocycles. The lowest BCUT2D eigenvalue weighted by molar-refractivity contribution is -0.144. The number of aliphatic carboxylic acids is 1. The summed E-state index contributed by atoms with van der Waals surface area (Å²) in [5, 5.41) is 12.3.